The fraction of sp³-hybridized carbons (Fsp3) is 0.952. The Bertz CT molecular complexity index is 368. The summed E-state index contributed by atoms with van der Waals surface area (Å²) in [6, 6.07) is 0. The lowest BCUT2D eigenvalue weighted by molar-refractivity contribution is -0.138. The van der Waals surface area contributed by atoms with Crippen LogP contribution in [0, 0.1) is 5.41 Å². The van der Waals surface area contributed by atoms with Crippen molar-refractivity contribution in [1.82, 2.24) is 20.4 Å². The molecule has 3 fully saturated rings. The van der Waals surface area contributed by atoms with E-state index in [0.717, 1.165) is 64.3 Å². The molecule has 1 heterocycles. The summed E-state index contributed by atoms with van der Waals surface area (Å²) in [6.07, 6.45) is 9.03. The van der Waals surface area contributed by atoms with E-state index in [1.54, 1.807) is 25.7 Å². The van der Waals surface area contributed by atoms with E-state index in [-0.39, 0.29) is 6.54 Å². The van der Waals surface area contributed by atoms with Crippen LogP contribution in [0.5, 0.6) is 0 Å². The van der Waals surface area contributed by atoms with Gasteiger partial charge in [0.25, 0.3) is 0 Å². The topological polar surface area (TPSA) is 67.8 Å². The Morgan fingerprint density at radius 1 is 0.852 bits per heavy atom. The van der Waals surface area contributed by atoms with Gasteiger partial charge in [-0.25, -0.2) is 0 Å². The van der Waals surface area contributed by atoms with E-state index >= 15 is 0 Å². The maximum Gasteiger partial charge on any atom is 0.317 e. The molecule has 0 aromatic rings. The third-order valence-electron chi connectivity index (χ3n) is 5.60. The summed E-state index contributed by atoms with van der Waals surface area (Å²) < 4.78 is 0. The molecule has 1 saturated heterocycles. The molecular weight excluding hydrogens is 340 g/mol. The SMILES string of the molecule is C1CC2(C1)CC2.CCC.CCN1CCNCCN(CC(=O)O)CCNCC1. The Morgan fingerprint density at radius 2 is 1.30 bits per heavy atom. The van der Waals surface area contributed by atoms with Gasteiger partial charge in [-0.15, -0.1) is 0 Å². The van der Waals surface area contributed by atoms with Gasteiger partial charge in [-0.05, 0) is 37.6 Å². The van der Waals surface area contributed by atoms with Crippen molar-refractivity contribution in [3.63, 3.8) is 0 Å². The molecule has 160 valence electrons. The van der Waals surface area contributed by atoms with Crippen molar-refractivity contribution in [2.75, 3.05) is 65.4 Å². The highest BCUT2D eigenvalue weighted by atomic mass is 16.4. The van der Waals surface area contributed by atoms with Crippen LogP contribution in [0.3, 0.4) is 0 Å². The number of rotatable bonds is 3. The number of hydrogen-bond acceptors (Lipinski definition) is 5. The zero-order valence-electron chi connectivity index (χ0n) is 18.1. The van der Waals surface area contributed by atoms with Crippen LogP contribution in [0.4, 0.5) is 0 Å². The molecule has 0 radical (unpaired) electrons. The van der Waals surface area contributed by atoms with Crippen molar-refractivity contribution < 1.29 is 9.90 Å². The largest absolute Gasteiger partial charge is 0.480 e. The van der Waals surface area contributed by atoms with Crippen LogP contribution in [0.2, 0.25) is 0 Å². The predicted octanol–water partition coefficient (Wildman–Crippen LogP) is 2.25. The summed E-state index contributed by atoms with van der Waals surface area (Å²) in [5.74, 6) is -0.751. The number of likely N-dealkylation sites (N-methyl/N-ethyl adjacent to an activating group) is 1. The minimum absolute atomic E-state index is 0.129. The van der Waals surface area contributed by atoms with Gasteiger partial charge in [0.05, 0.1) is 6.54 Å². The molecule has 0 unspecified atom stereocenters. The molecule has 2 aliphatic carbocycles. The molecule has 27 heavy (non-hydrogen) atoms. The van der Waals surface area contributed by atoms with Gasteiger partial charge < -0.3 is 20.6 Å². The second kappa shape index (κ2) is 14.3. The highest BCUT2D eigenvalue weighted by Crippen LogP contribution is 2.60. The van der Waals surface area contributed by atoms with E-state index in [9.17, 15) is 4.79 Å². The average Bonchev–Trinajstić information content (AvgIpc) is 3.39. The van der Waals surface area contributed by atoms with Crippen molar-refractivity contribution in [2.24, 2.45) is 5.41 Å². The number of aliphatic carboxylic acids is 1. The molecule has 1 spiro atoms. The molecule has 3 N–H and O–H groups in total. The minimum Gasteiger partial charge on any atom is -0.480 e. The van der Waals surface area contributed by atoms with Gasteiger partial charge in [-0.1, -0.05) is 33.6 Å². The number of carboxylic acid groups (broad SMARTS) is 1. The normalized spacial score (nSPS) is 23.4. The number of nitrogens with zero attached hydrogens (tertiary/aromatic N) is 2. The molecule has 3 rings (SSSR count). The lowest BCUT2D eigenvalue weighted by atomic mass is 9.82. The Balaban J connectivity index is 0.000000326. The molecule has 3 aliphatic rings. The molecule has 0 atom stereocenters. The van der Waals surface area contributed by atoms with E-state index in [0.29, 0.717) is 0 Å². The third kappa shape index (κ3) is 11.7. The van der Waals surface area contributed by atoms with Crippen LogP contribution < -0.4 is 10.6 Å². The van der Waals surface area contributed by atoms with Crippen molar-refractivity contribution in [3.8, 4) is 0 Å². The van der Waals surface area contributed by atoms with E-state index < -0.39 is 5.97 Å². The lowest BCUT2D eigenvalue weighted by Crippen LogP contribution is -2.44. The highest BCUT2D eigenvalue weighted by Gasteiger charge is 2.46. The summed E-state index contributed by atoms with van der Waals surface area (Å²) in [5.41, 5.74) is 0.972. The van der Waals surface area contributed by atoms with Gasteiger partial charge in [0.2, 0.25) is 0 Å². The molecular formula is C21H44N4O2. The number of nitrogens with one attached hydrogen (secondary N) is 2. The van der Waals surface area contributed by atoms with Crippen LogP contribution in [0.1, 0.15) is 59.3 Å². The third-order valence-corrected chi connectivity index (χ3v) is 5.60. The first-order chi connectivity index (χ1) is 13.0. The molecule has 1 aliphatic heterocycles. The van der Waals surface area contributed by atoms with Gasteiger partial charge in [-0.3, -0.25) is 9.69 Å². The fourth-order valence-corrected chi connectivity index (χ4v) is 3.44. The van der Waals surface area contributed by atoms with E-state index in [1.807, 2.05) is 4.90 Å². The Hall–Kier alpha value is -0.690. The maximum absolute atomic E-state index is 10.7. The van der Waals surface area contributed by atoms with Crippen molar-refractivity contribution >= 4 is 5.97 Å². The second-order valence-electron chi connectivity index (χ2n) is 8.16. The first kappa shape index (κ1) is 24.3. The Labute approximate surface area is 167 Å². The zero-order chi connectivity index (χ0) is 20.0. The Morgan fingerprint density at radius 3 is 1.56 bits per heavy atom. The van der Waals surface area contributed by atoms with E-state index in [2.05, 4.69) is 36.3 Å². The van der Waals surface area contributed by atoms with E-state index in [4.69, 9.17) is 5.11 Å². The summed E-state index contributed by atoms with van der Waals surface area (Å²) in [7, 11) is 0. The monoisotopic (exact) mass is 384 g/mol. The summed E-state index contributed by atoms with van der Waals surface area (Å²) >= 11 is 0. The number of hydrogen-bond donors (Lipinski definition) is 3. The van der Waals surface area contributed by atoms with Crippen molar-refractivity contribution in [2.45, 2.75) is 59.3 Å². The van der Waals surface area contributed by atoms with E-state index in [1.165, 1.54) is 12.8 Å². The van der Waals surface area contributed by atoms with Crippen molar-refractivity contribution in [1.29, 1.82) is 0 Å². The fourth-order valence-electron chi connectivity index (χ4n) is 3.44. The molecule has 6 heteroatoms. The van der Waals surface area contributed by atoms with Crippen molar-refractivity contribution in [3.05, 3.63) is 0 Å². The Kier molecular flexibility index (Phi) is 12.9. The number of carboxylic acids is 1. The molecule has 0 aromatic carbocycles. The summed E-state index contributed by atoms with van der Waals surface area (Å²) in [5, 5.41) is 15.6. The van der Waals surface area contributed by atoms with Crippen LogP contribution >= 0.6 is 0 Å². The van der Waals surface area contributed by atoms with Crippen LogP contribution in [-0.4, -0.2) is 86.3 Å². The van der Waals surface area contributed by atoms with Gasteiger partial charge in [0.15, 0.2) is 0 Å². The van der Waals surface area contributed by atoms with Gasteiger partial charge >= 0.3 is 5.97 Å². The lowest BCUT2D eigenvalue weighted by Gasteiger charge is -2.25. The smallest absolute Gasteiger partial charge is 0.317 e. The molecule has 0 aromatic heterocycles. The van der Waals surface area contributed by atoms with Crippen LogP contribution in [-0.2, 0) is 4.79 Å². The number of carbonyl (C=O) groups is 1. The molecule has 0 bridgehead atoms. The maximum atomic E-state index is 10.7. The molecule has 2 saturated carbocycles. The quantitative estimate of drug-likeness (QED) is 0.693. The van der Waals surface area contributed by atoms with Crippen LogP contribution in [0.25, 0.3) is 0 Å². The van der Waals surface area contributed by atoms with Crippen LogP contribution in [0.15, 0.2) is 0 Å². The predicted molar refractivity (Wildman–Crippen MR) is 113 cm³/mol. The van der Waals surface area contributed by atoms with Gasteiger partial charge in [0.1, 0.15) is 0 Å². The average molecular weight is 385 g/mol. The molecule has 0 amide bonds. The minimum atomic E-state index is -0.751. The van der Waals surface area contributed by atoms with Gasteiger partial charge in [0, 0.05) is 52.4 Å². The van der Waals surface area contributed by atoms with Gasteiger partial charge in [-0.2, -0.15) is 0 Å². The summed E-state index contributed by atoms with van der Waals surface area (Å²) in [6.45, 7) is 15.0. The summed E-state index contributed by atoms with van der Waals surface area (Å²) in [4.78, 5) is 15.1. The first-order valence-electron chi connectivity index (χ1n) is 11.1. The first-order valence-corrected chi connectivity index (χ1v) is 11.1. The zero-order valence-corrected chi connectivity index (χ0v) is 18.1. The molecule has 6 nitrogen and oxygen atoms in total. The standard InChI is InChI=1S/C12H26N4O2.C6H10.C3H8/c1-2-15-7-3-13-5-9-16(11-12(17)18)10-6-14-4-8-15;1-2-6(3-1)4-5-6;1-3-2/h13-14H,2-11H2,1H3,(H,17,18);1-5H2;3H2,1-2H3. The highest BCUT2D eigenvalue weighted by molar-refractivity contribution is 5.69. The second-order valence-corrected chi connectivity index (χ2v) is 8.16.